The Labute approximate surface area is 120 Å². The standard InChI is InChI=1S/C14H15FN4S/c15-11-3-1-2-10(8-11)4-5-13-17-14-19(18-13)12(6-7-16)9-20-14/h1-3,8-9H,4-7,16H2. The van der Waals surface area contributed by atoms with Crippen LogP contribution in [0.1, 0.15) is 17.1 Å². The van der Waals surface area contributed by atoms with Crippen LogP contribution in [-0.2, 0) is 19.3 Å². The van der Waals surface area contributed by atoms with Crippen molar-refractivity contribution >= 4 is 16.3 Å². The van der Waals surface area contributed by atoms with Crippen LogP contribution in [0.2, 0.25) is 0 Å². The highest BCUT2D eigenvalue weighted by atomic mass is 32.1. The second kappa shape index (κ2) is 5.68. The first-order chi connectivity index (χ1) is 9.76. The molecule has 0 radical (unpaired) electrons. The van der Waals surface area contributed by atoms with E-state index in [1.807, 2.05) is 16.0 Å². The first kappa shape index (κ1) is 13.2. The highest BCUT2D eigenvalue weighted by Crippen LogP contribution is 2.15. The molecule has 0 amide bonds. The lowest BCUT2D eigenvalue weighted by Crippen LogP contribution is -2.05. The van der Waals surface area contributed by atoms with Crippen molar-refractivity contribution < 1.29 is 4.39 Å². The molecule has 20 heavy (non-hydrogen) atoms. The lowest BCUT2D eigenvalue weighted by atomic mass is 10.1. The smallest absolute Gasteiger partial charge is 0.212 e. The summed E-state index contributed by atoms with van der Waals surface area (Å²) in [7, 11) is 0. The van der Waals surface area contributed by atoms with E-state index in [1.165, 1.54) is 6.07 Å². The molecule has 3 rings (SSSR count). The third kappa shape index (κ3) is 2.71. The number of thiazole rings is 1. The van der Waals surface area contributed by atoms with E-state index in [0.717, 1.165) is 34.9 Å². The predicted octanol–water partition coefficient (Wildman–Crippen LogP) is 2.22. The number of halogens is 1. The number of nitrogens with two attached hydrogens (primary N) is 1. The molecule has 1 aromatic carbocycles. The summed E-state index contributed by atoms with van der Waals surface area (Å²) < 4.78 is 15.0. The molecule has 0 spiro atoms. The van der Waals surface area contributed by atoms with Gasteiger partial charge in [-0.3, -0.25) is 0 Å². The highest BCUT2D eigenvalue weighted by Gasteiger charge is 2.09. The molecule has 0 aliphatic heterocycles. The van der Waals surface area contributed by atoms with Gasteiger partial charge in [-0.1, -0.05) is 12.1 Å². The molecule has 4 nitrogen and oxygen atoms in total. The molecule has 0 saturated carbocycles. The Hall–Kier alpha value is -1.79. The summed E-state index contributed by atoms with van der Waals surface area (Å²) in [5.74, 6) is 0.589. The van der Waals surface area contributed by atoms with Crippen LogP contribution in [0.3, 0.4) is 0 Å². The minimum absolute atomic E-state index is 0.202. The second-order valence-corrected chi connectivity index (χ2v) is 5.45. The van der Waals surface area contributed by atoms with E-state index in [4.69, 9.17) is 5.73 Å². The van der Waals surface area contributed by atoms with Gasteiger partial charge in [0.2, 0.25) is 4.96 Å². The summed E-state index contributed by atoms with van der Waals surface area (Å²) in [6, 6.07) is 6.65. The van der Waals surface area contributed by atoms with Crippen LogP contribution >= 0.6 is 11.3 Å². The maximum atomic E-state index is 13.1. The van der Waals surface area contributed by atoms with Crippen molar-refractivity contribution in [3.8, 4) is 0 Å². The van der Waals surface area contributed by atoms with E-state index >= 15 is 0 Å². The number of rotatable bonds is 5. The van der Waals surface area contributed by atoms with Gasteiger partial charge >= 0.3 is 0 Å². The fourth-order valence-corrected chi connectivity index (χ4v) is 3.01. The molecule has 0 unspecified atom stereocenters. The zero-order chi connectivity index (χ0) is 13.9. The number of aryl methyl sites for hydroxylation is 2. The van der Waals surface area contributed by atoms with Crippen molar-refractivity contribution in [2.45, 2.75) is 19.3 Å². The quantitative estimate of drug-likeness (QED) is 0.784. The topological polar surface area (TPSA) is 56.2 Å². The van der Waals surface area contributed by atoms with Crippen molar-refractivity contribution in [1.29, 1.82) is 0 Å². The van der Waals surface area contributed by atoms with Gasteiger partial charge in [-0.2, -0.15) is 5.10 Å². The van der Waals surface area contributed by atoms with Gasteiger partial charge in [0.15, 0.2) is 5.82 Å². The Morgan fingerprint density at radius 3 is 2.95 bits per heavy atom. The third-order valence-electron chi connectivity index (χ3n) is 3.12. The summed E-state index contributed by atoms with van der Waals surface area (Å²) in [4.78, 5) is 5.38. The Kier molecular flexibility index (Phi) is 3.75. The highest BCUT2D eigenvalue weighted by molar-refractivity contribution is 7.15. The van der Waals surface area contributed by atoms with Crippen LogP contribution in [0.25, 0.3) is 4.96 Å². The molecule has 2 aromatic heterocycles. The minimum Gasteiger partial charge on any atom is -0.330 e. The summed E-state index contributed by atoms with van der Waals surface area (Å²) in [6.07, 6.45) is 2.24. The number of fused-ring (bicyclic) bond motifs is 1. The molecule has 2 heterocycles. The van der Waals surface area contributed by atoms with E-state index in [2.05, 4.69) is 10.1 Å². The normalized spacial score (nSPS) is 11.3. The monoisotopic (exact) mass is 290 g/mol. The summed E-state index contributed by atoms with van der Waals surface area (Å²) >= 11 is 1.57. The van der Waals surface area contributed by atoms with Crippen LogP contribution < -0.4 is 5.73 Å². The predicted molar refractivity (Wildman–Crippen MR) is 77.4 cm³/mol. The van der Waals surface area contributed by atoms with Crippen LogP contribution in [0, 0.1) is 5.82 Å². The molecular weight excluding hydrogens is 275 g/mol. The van der Waals surface area contributed by atoms with Crippen LogP contribution in [0.4, 0.5) is 4.39 Å². The Morgan fingerprint density at radius 1 is 1.25 bits per heavy atom. The number of hydrogen-bond acceptors (Lipinski definition) is 4. The molecule has 0 aliphatic rings. The maximum absolute atomic E-state index is 13.1. The first-order valence-electron chi connectivity index (χ1n) is 6.53. The maximum Gasteiger partial charge on any atom is 0.212 e. The van der Waals surface area contributed by atoms with Gasteiger partial charge in [0.25, 0.3) is 0 Å². The molecule has 0 saturated heterocycles. The minimum atomic E-state index is -0.202. The number of hydrogen-bond donors (Lipinski definition) is 1. The van der Waals surface area contributed by atoms with Crippen molar-refractivity contribution in [1.82, 2.24) is 14.6 Å². The van der Waals surface area contributed by atoms with Crippen LogP contribution in [-0.4, -0.2) is 21.1 Å². The third-order valence-corrected chi connectivity index (χ3v) is 3.99. The fraction of sp³-hybridized carbons (Fsp3) is 0.286. The Balaban J connectivity index is 1.74. The van der Waals surface area contributed by atoms with E-state index in [9.17, 15) is 4.39 Å². The van der Waals surface area contributed by atoms with Crippen LogP contribution in [0.15, 0.2) is 29.6 Å². The zero-order valence-electron chi connectivity index (χ0n) is 10.9. The Morgan fingerprint density at radius 2 is 2.15 bits per heavy atom. The number of nitrogens with zero attached hydrogens (tertiary/aromatic N) is 3. The van der Waals surface area contributed by atoms with Gasteiger partial charge < -0.3 is 5.73 Å². The summed E-state index contributed by atoms with van der Waals surface area (Å²) in [5, 5.41) is 6.54. The number of benzene rings is 1. The van der Waals surface area contributed by atoms with Gasteiger partial charge in [-0.05, 0) is 30.7 Å². The molecule has 2 N–H and O–H groups in total. The SMILES string of the molecule is NCCc1csc2nc(CCc3cccc(F)c3)nn12. The van der Waals surface area contributed by atoms with E-state index in [-0.39, 0.29) is 5.82 Å². The van der Waals surface area contributed by atoms with Crippen molar-refractivity contribution in [2.24, 2.45) is 5.73 Å². The van der Waals surface area contributed by atoms with E-state index < -0.39 is 0 Å². The van der Waals surface area contributed by atoms with Crippen LogP contribution in [0.5, 0.6) is 0 Å². The molecule has 104 valence electrons. The molecule has 6 heteroatoms. The Bertz CT molecular complexity index is 719. The van der Waals surface area contributed by atoms with Gasteiger partial charge in [-0.15, -0.1) is 11.3 Å². The van der Waals surface area contributed by atoms with Crippen molar-refractivity contribution in [2.75, 3.05) is 6.54 Å². The zero-order valence-corrected chi connectivity index (χ0v) is 11.7. The van der Waals surface area contributed by atoms with Crippen molar-refractivity contribution in [3.63, 3.8) is 0 Å². The molecule has 3 aromatic rings. The van der Waals surface area contributed by atoms with Gasteiger partial charge in [0.05, 0.1) is 5.69 Å². The molecule has 0 bridgehead atoms. The summed E-state index contributed by atoms with van der Waals surface area (Å²) in [6.45, 7) is 0.602. The molecular formula is C14H15FN4S. The largest absolute Gasteiger partial charge is 0.330 e. The molecule has 0 aliphatic carbocycles. The average Bonchev–Trinajstić information content (AvgIpc) is 2.99. The average molecular weight is 290 g/mol. The molecule has 0 fully saturated rings. The van der Waals surface area contributed by atoms with E-state index in [0.29, 0.717) is 13.0 Å². The van der Waals surface area contributed by atoms with Gasteiger partial charge in [0, 0.05) is 18.2 Å². The van der Waals surface area contributed by atoms with E-state index in [1.54, 1.807) is 23.5 Å². The van der Waals surface area contributed by atoms with Crippen molar-refractivity contribution in [3.05, 3.63) is 52.5 Å². The van der Waals surface area contributed by atoms with Gasteiger partial charge in [0.1, 0.15) is 5.82 Å². The fourth-order valence-electron chi connectivity index (χ4n) is 2.14. The first-order valence-corrected chi connectivity index (χ1v) is 7.41. The lowest BCUT2D eigenvalue weighted by molar-refractivity contribution is 0.625. The van der Waals surface area contributed by atoms with Gasteiger partial charge in [-0.25, -0.2) is 13.9 Å². The second-order valence-electron chi connectivity index (χ2n) is 4.62. The lowest BCUT2D eigenvalue weighted by Gasteiger charge is -1.98. The number of aromatic nitrogens is 3. The molecule has 0 atom stereocenters. The summed E-state index contributed by atoms with van der Waals surface area (Å²) in [5.41, 5.74) is 7.63.